The van der Waals surface area contributed by atoms with E-state index in [1.54, 1.807) is 6.20 Å². The highest BCUT2D eigenvalue weighted by Gasteiger charge is 1.93. The number of rotatable bonds is 6. The lowest BCUT2D eigenvalue weighted by Gasteiger charge is -2.13. The molecule has 0 bridgehead atoms. The smallest absolute Gasteiger partial charge is 0.102 e. The van der Waals surface area contributed by atoms with Gasteiger partial charge in [0.1, 0.15) is 6.67 Å². The molecule has 0 saturated heterocycles. The minimum Gasteiger partial charge on any atom is -0.390 e. The monoisotopic (exact) mass is 146 g/mol. The lowest BCUT2D eigenvalue weighted by molar-refractivity contribution is 0.298. The summed E-state index contributed by atoms with van der Waals surface area (Å²) in [7, 11) is 1.89. The van der Waals surface area contributed by atoms with Crippen molar-refractivity contribution in [1.29, 1.82) is 0 Å². The van der Waals surface area contributed by atoms with Gasteiger partial charge in [-0.3, -0.25) is 0 Å². The maximum atomic E-state index is 11.7. The van der Waals surface area contributed by atoms with Gasteiger partial charge >= 0.3 is 0 Å². The van der Waals surface area contributed by atoms with Gasteiger partial charge in [0.2, 0.25) is 0 Å². The van der Waals surface area contributed by atoms with Crippen LogP contribution in [0.15, 0.2) is 12.8 Å². The third-order valence-electron chi connectivity index (χ3n) is 1.25. The number of hydrogen-bond donors (Lipinski definition) is 1. The summed E-state index contributed by atoms with van der Waals surface area (Å²) in [6.45, 7) is 5.43. The Bertz CT molecular complexity index is 85.7. The van der Waals surface area contributed by atoms with E-state index in [9.17, 15) is 4.39 Å². The molecule has 2 nitrogen and oxygen atoms in total. The molecule has 0 aromatic heterocycles. The van der Waals surface area contributed by atoms with E-state index in [1.165, 1.54) is 0 Å². The van der Waals surface area contributed by atoms with Gasteiger partial charge in [0.25, 0.3) is 0 Å². The zero-order valence-electron chi connectivity index (χ0n) is 6.44. The van der Waals surface area contributed by atoms with Gasteiger partial charge in [-0.1, -0.05) is 6.58 Å². The highest BCUT2D eigenvalue weighted by molar-refractivity contribution is 4.63. The van der Waals surface area contributed by atoms with Crippen LogP contribution in [0, 0.1) is 0 Å². The molecule has 0 spiro atoms. The zero-order valence-corrected chi connectivity index (χ0v) is 6.44. The molecule has 1 N–H and O–H groups in total. The van der Waals surface area contributed by atoms with Gasteiger partial charge in [0, 0.05) is 19.6 Å². The third kappa shape index (κ3) is 5.56. The van der Waals surface area contributed by atoms with Gasteiger partial charge in [-0.15, -0.1) is 0 Å². The Hall–Kier alpha value is -0.570. The number of alkyl halides is 1. The first kappa shape index (κ1) is 9.43. The minimum absolute atomic E-state index is 0.273. The fraction of sp³-hybridized carbons (Fsp3) is 0.714. The molecular formula is C7H15FN2. The molecule has 0 amide bonds. The summed E-state index contributed by atoms with van der Waals surface area (Å²) in [6.07, 6.45) is 1.64. The van der Waals surface area contributed by atoms with Crippen molar-refractivity contribution >= 4 is 0 Å². The topological polar surface area (TPSA) is 15.3 Å². The van der Waals surface area contributed by atoms with Gasteiger partial charge in [-0.25, -0.2) is 4.39 Å². The normalized spacial score (nSPS) is 9.90. The second-order valence-corrected chi connectivity index (χ2v) is 2.15. The molecule has 0 rings (SSSR count). The molecule has 10 heavy (non-hydrogen) atoms. The van der Waals surface area contributed by atoms with Crippen LogP contribution >= 0.6 is 0 Å². The molecule has 0 atom stereocenters. The summed E-state index contributed by atoms with van der Waals surface area (Å²) in [5, 5.41) is 2.94. The maximum Gasteiger partial charge on any atom is 0.102 e. The van der Waals surface area contributed by atoms with Crippen molar-refractivity contribution in [2.45, 2.75) is 0 Å². The van der Waals surface area contributed by atoms with E-state index in [1.807, 2.05) is 11.9 Å². The fourth-order valence-electron chi connectivity index (χ4n) is 0.614. The molecular weight excluding hydrogens is 131 g/mol. The number of likely N-dealkylation sites (N-methyl/N-ethyl adjacent to an activating group) is 1. The van der Waals surface area contributed by atoms with Crippen LogP contribution in [-0.4, -0.2) is 38.3 Å². The molecule has 0 unspecified atom stereocenters. The van der Waals surface area contributed by atoms with E-state index >= 15 is 0 Å². The number of halogens is 1. The number of nitrogens with one attached hydrogen (secondary N) is 1. The molecule has 0 saturated carbocycles. The first-order valence-electron chi connectivity index (χ1n) is 3.40. The van der Waals surface area contributed by atoms with Crippen LogP contribution < -0.4 is 5.32 Å². The van der Waals surface area contributed by atoms with Crippen LogP contribution in [0.25, 0.3) is 0 Å². The van der Waals surface area contributed by atoms with E-state index in [0.717, 1.165) is 13.1 Å². The van der Waals surface area contributed by atoms with Crippen LogP contribution in [0.5, 0.6) is 0 Å². The molecule has 0 aliphatic rings. The van der Waals surface area contributed by atoms with Crippen molar-refractivity contribution in [1.82, 2.24) is 10.2 Å². The van der Waals surface area contributed by atoms with Gasteiger partial charge in [-0.05, 0) is 13.2 Å². The Morgan fingerprint density at radius 2 is 2.30 bits per heavy atom. The Labute approximate surface area is 61.7 Å². The summed E-state index contributed by atoms with van der Waals surface area (Å²) in [5.74, 6) is 0. The zero-order chi connectivity index (χ0) is 7.82. The predicted octanol–water partition coefficient (Wildman–Crippen LogP) is 0.621. The Morgan fingerprint density at radius 3 is 2.80 bits per heavy atom. The first-order valence-corrected chi connectivity index (χ1v) is 3.40. The van der Waals surface area contributed by atoms with Crippen LogP contribution in [-0.2, 0) is 0 Å². The van der Waals surface area contributed by atoms with E-state index in [4.69, 9.17) is 0 Å². The van der Waals surface area contributed by atoms with Gasteiger partial charge < -0.3 is 10.2 Å². The molecule has 3 heteroatoms. The quantitative estimate of drug-likeness (QED) is 0.553. The van der Waals surface area contributed by atoms with Crippen molar-refractivity contribution in [3.8, 4) is 0 Å². The third-order valence-corrected chi connectivity index (χ3v) is 1.25. The Balaban J connectivity index is 3.04. The summed E-state index contributed by atoms with van der Waals surface area (Å²) < 4.78 is 11.7. The molecule has 60 valence electrons. The van der Waals surface area contributed by atoms with Crippen LogP contribution in [0.2, 0.25) is 0 Å². The Kier molecular flexibility index (Phi) is 6.18. The lowest BCUT2D eigenvalue weighted by Crippen LogP contribution is -2.28. The summed E-state index contributed by atoms with van der Waals surface area (Å²) in [5.41, 5.74) is 0. The summed E-state index contributed by atoms with van der Waals surface area (Å²) in [6, 6.07) is 0. The van der Waals surface area contributed by atoms with Crippen LogP contribution in [0.3, 0.4) is 0 Å². The molecule has 0 aromatic carbocycles. The number of nitrogens with zero attached hydrogens (tertiary/aromatic N) is 1. The highest BCUT2D eigenvalue weighted by Crippen LogP contribution is 1.80. The van der Waals surface area contributed by atoms with E-state index < -0.39 is 0 Å². The predicted molar refractivity (Wildman–Crippen MR) is 41.7 cm³/mol. The Morgan fingerprint density at radius 1 is 1.60 bits per heavy atom. The maximum absolute atomic E-state index is 11.7. The van der Waals surface area contributed by atoms with Crippen molar-refractivity contribution in [3.63, 3.8) is 0 Å². The average molecular weight is 146 g/mol. The van der Waals surface area contributed by atoms with Crippen molar-refractivity contribution in [3.05, 3.63) is 12.8 Å². The first-order chi connectivity index (χ1) is 4.81. The highest BCUT2D eigenvalue weighted by atomic mass is 19.1. The summed E-state index contributed by atoms with van der Waals surface area (Å²) in [4.78, 5) is 1.93. The second kappa shape index (κ2) is 6.55. The van der Waals surface area contributed by atoms with E-state index in [0.29, 0.717) is 6.54 Å². The summed E-state index contributed by atoms with van der Waals surface area (Å²) >= 11 is 0. The van der Waals surface area contributed by atoms with E-state index in [-0.39, 0.29) is 6.67 Å². The van der Waals surface area contributed by atoms with Gasteiger partial charge in [0.05, 0.1) is 0 Å². The van der Waals surface area contributed by atoms with Crippen LogP contribution in [0.4, 0.5) is 4.39 Å². The van der Waals surface area contributed by atoms with Crippen molar-refractivity contribution in [2.75, 3.05) is 33.4 Å². The fourth-order valence-corrected chi connectivity index (χ4v) is 0.614. The second-order valence-electron chi connectivity index (χ2n) is 2.15. The van der Waals surface area contributed by atoms with Crippen molar-refractivity contribution in [2.24, 2.45) is 0 Å². The van der Waals surface area contributed by atoms with Crippen molar-refractivity contribution < 1.29 is 4.39 Å². The average Bonchev–Trinajstić information content (AvgIpc) is 1.89. The molecule has 0 fully saturated rings. The standard InChI is InChI=1S/C7H15FN2/c1-3-9-5-7-10(2)6-4-8/h3,9H,1,4-7H2,2H3. The largest absolute Gasteiger partial charge is 0.390 e. The molecule has 0 aliphatic heterocycles. The van der Waals surface area contributed by atoms with Gasteiger partial charge in [0.15, 0.2) is 0 Å². The molecule has 0 radical (unpaired) electrons. The lowest BCUT2D eigenvalue weighted by atomic mass is 10.5. The van der Waals surface area contributed by atoms with E-state index in [2.05, 4.69) is 11.9 Å². The van der Waals surface area contributed by atoms with Gasteiger partial charge in [-0.2, -0.15) is 0 Å². The molecule has 0 aromatic rings. The molecule has 0 aliphatic carbocycles. The number of hydrogen-bond acceptors (Lipinski definition) is 2. The van der Waals surface area contributed by atoms with Crippen LogP contribution in [0.1, 0.15) is 0 Å². The SMILES string of the molecule is C=CNCCN(C)CCF. The molecule has 0 heterocycles. The minimum atomic E-state index is -0.273.